The smallest absolute Gasteiger partial charge is 0.271 e. The largest absolute Gasteiger partial charge is 0.460 e. The summed E-state index contributed by atoms with van der Waals surface area (Å²) in [5.74, 6) is 0.820. The van der Waals surface area contributed by atoms with Crippen molar-refractivity contribution in [3.63, 3.8) is 0 Å². The zero-order chi connectivity index (χ0) is 23.0. The normalized spacial score (nSPS) is 26.0. The number of furan rings is 1. The molecule has 0 aromatic carbocycles. The number of aryl methyl sites for hydroxylation is 1. The number of hydrogen-bond donors (Lipinski definition) is 1. The van der Waals surface area contributed by atoms with Gasteiger partial charge in [-0.25, -0.2) is 0 Å². The number of carbonyl (C=O) groups is 2. The van der Waals surface area contributed by atoms with Crippen molar-refractivity contribution in [1.29, 1.82) is 0 Å². The minimum absolute atomic E-state index is 0.0124. The molecule has 1 aliphatic heterocycles. The molecular weight excluding hydrogens is 414 g/mol. The van der Waals surface area contributed by atoms with Crippen LogP contribution >= 0.6 is 0 Å². The summed E-state index contributed by atoms with van der Waals surface area (Å²) in [6.45, 7) is 4.40. The first-order valence-corrected chi connectivity index (χ1v) is 13.2. The van der Waals surface area contributed by atoms with E-state index in [9.17, 15) is 9.59 Å². The Balaban J connectivity index is 1.50. The summed E-state index contributed by atoms with van der Waals surface area (Å²) in [5.41, 5.74) is 1.41. The summed E-state index contributed by atoms with van der Waals surface area (Å²) in [6, 6.07) is 4.19. The van der Waals surface area contributed by atoms with Gasteiger partial charge >= 0.3 is 0 Å². The van der Waals surface area contributed by atoms with Crippen molar-refractivity contribution in [2.75, 3.05) is 0 Å². The average Bonchev–Trinajstić information content (AvgIpc) is 3.14. The number of rotatable bonds is 3. The molecule has 180 valence electrons. The molecule has 2 fully saturated rings. The molecule has 2 saturated carbocycles. The molecule has 5 rings (SSSR count). The van der Waals surface area contributed by atoms with Crippen molar-refractivity contribution >= 4 is 22.9 Å². The highest BCUT2D eigenvalue weighted by Gasteiger charge is 2.50. The maximum Gasteiger partial charge on any atom is 0.271 e. The molecule has 0 bridgehead atoms. The highest BCUT2D eigenvalue weighted by Crippen LogP contribution is 2.38. The number of carbonyl (C=O) groups excluding carboxylic acids is 2. The molecule has 2 amide bonds. The molecule has 0 saturated heterocycles. The fraction of sp³-hybridized carbons (Fsp3) is 0.704. The van der Waals surface area contributed by atoms with E-state index in [1.54, 1.807) is 0 Å². The van der Waals surface area contributed by atoms with Crippen molar-refractivity contribution in [2.45, 2.75) is 121 Å². The molecule has 6 nitrogen and oxygen atoms in total. The van der Waals surface area contributed by atoms with Crippen molar-refractivity contribution in [3.8, 4) is 0 Å². The first kappa shape index (κ1) is 22.5. The van der Waals surface area contributed by atoms with Crippen molar-refractivity contribution in [2.24, 2.45) is 0 Å². The lowest BCUT2D eigenvalue weighted by Crippen LogP contribution is -2.67. The molecule has 0 radical (unpaired) electrons. The third-order valence-electron chi connectivity index (χ3n) is 8.27. The second kappa shape index (κ2) is 9.19. The SMILES string of the molecule is Cc1cc2c(cc3n2CC(C)(C(=O)NC2CCCCCCC2)N(C2CCCCCC2)C3=O)o1. The van der Waals surface area contributed by atoms with E-state index in [2.05, 4.69) is 5.32 Å². The first-order chi connectivity index (χ1) is 16.0. The quantitative estimate of drug-likeness (QED) is 0.605. The van der Waals surface area contributed by atoms with Gasteiger partial charge in [0, 0.05) is 24.2 Å². The Hall–Kier alpha value is -2.24. The maximum absolute atomic E-state index is 14.0. The molecule has 3 aliphatic rings. The van der Waals surface area contributed by atoms with Crippen LogP contribution in [-0.2, 0) is 11.3 Å². The van der Waals surface area contributed by atoms with Gasteiger partial charge in [-0.1, -0.05) is 57.8 Å². The number of fused-ring (bicyclic) bond motifs is 3. The predicted octanol–water partition coefficient (Wildman–Crippen LogP) is 5.71. The van der Waals surface area contributed by atoms with Crippen LogP contribution in [0.25, 0.3) is 11.1 Å². The molecule has 33 heavy (non-hydrogen) atoms. The molecular formula is C27H39N3O3. The lowest BCUT2D eigenvalue weighted by molar-refractivity contribution is -0.135. The van der Waals surface area contributed by atoms with E-state index in [-0.39, 0.29) is 23.9 Å². The second-order valence-electron chi connectivity index (χ2n) is 10.8. The van der Waals surface area contributed by atoms with E-state index in [1.165, 1.54) is 44.9 Å². The van der Waals surface area contributed by atoms with E-state index in [0.717, 1.165) is 55.4 Å². The van der Waals surface area contributed by atoms with E-state index in [4.69, 9.17) is 4.42 Å². The molecule has 3 heterocycles. The molecule has 2 aromatic heterocycles. The summed E-state index contributed by atoms with van der Waals surface area (Å²) in [5, 5.41) is 3.41. The van der Waals surface area contributed by atoms with Crippen LogP contribution < -0.4 is 5.32 Å². The third-order valence-corrected chi connectivity index (χ3v) is 8.27. The Bertz CT molecular complexity index is 1010. The monoisotopic (exact) mass is 453 g/mol. The van der Waals surface area contributed by atoms with E-state index in [0.29, 0.717) is 12.2 Å². The van der Waals surface area contributed by atoms with Gasteiger partial charge in [-0.05, 0) is 39.5 Å². The molecule has 6 heteroatoms. The Morgan fingerprint density at radius 3 is 2.24 bits per heavy atom. The number of nitrogens with one attached hydrogen (secondary N) is 1. The van der Waals surface area contributed by atoms with Crippen LogP contribution in [0.1, 0.15) is 107 Å². The van der Waals surface area contributed by atoms with Crippen LogP contribution in [0.3, 0.4) is 0 Å². The maximum atomic E-state index is 14.0. The van der Waals surface area contributed by atoms with Crippen LogP contribution in [-0.4, -0.2) is 38.9 Å². The van der Waals surface area contributed by atoms with Gasteiger partial charge in [0.2, 0.25) is 5.91 Å². The molecule has 2 aromatic rings. The number of aromatic nitrogens is 1. The summed E-state index contributed by atoms with van der Waals surface area (Å²) in [4.78, 5) is 29.9. The summed E-state index contributed by atoms with van der Waals surface area (Å²) >= 11 is 0. The van der Waals surface area contributed by atoms with Crippen LogP contribution in [0.2, 0.25) is 0 Å². The van der Waals surface area contributed by atoms with Crippen molar-refractivity contribution < 1.29 is 14.0 Å². The predicted molar refractivity (Wildman–Crippen MR) is 129 cm³/mol. The number of amides is 2. The van der Waals surface area contributed by atoms with Gasteiger partial charge in [-0.15, -0.1) is 0 Å². The van der Waals surface area contributed by atoms with E-state index >= 15 is 0 Å². The van der Waals surface area contributed by atoms with Gasteiger partial charge in [0.15, 0.2) is 5.58 Å². The van der Waals surface area contributed by atoms with Crippen LogP contribution in [0.15, 0.2) is 16.5 Å². The molecule has 1 N–H and O–H groups in total. The number of nitrogens with zero attached hydrogens (tertiary/aromatic N) is 2. The van der Waals surface area contributed by atoms with Gasteiger partial charge in [0.1, 0.15) is 17.0 Å². The lowest BCUT2D eigenvalue weighted by Gasteiger charge is -2.48. The fourth-order valence-electron chi connectivity index (χ4n) is 6.45. The Morgan fingerprint density at radius 2 is 1.58 bits per heavy atom. The van der Waals surface area contributed by atoms with Gasteiger partial charge in [0.25, 0.3) is 5.91 Å². The van der Waals surface area contributed by atoms with Crippen LogP contribution in [0.5, 0.6) is 0 Å². The van der Waals surface area contributed by atoms with Gasteiger partial charge in [-0.2, -0.15) is 0 Å². The lowest BCUT2D eigenvalue weighted by atomic mass is 9.89. The van der Waals surface area contributed by atoms with Crippen molar-refractivity contribution in [3.05, 3.63) is 23.6 Å². The minimum Gasteiger partial charge on any atom is -0.460 e. The number of hydrogen-bond acceptors (Lipinski definition) is 3. The molecule has 1 unspecified atom stereocenters. The zero-order valence-electron chi connectivity index (χ0n) is 20.3. The minimum atomic E-state index is -0.904. The van der Waals surface area contributed by atoms with E-state index < -0.39 is 5.54 Å². The van der Waals surface area contributed by atoms with Gasteiger partial charge < -0.3 is 19.2 Å². The zero-order valence-corrected chi connectivity index (χ0v) is 20.3. The van der Waals surface area contributed by atoms with Crippen LogP contribution in [0, 0.1) is 6.92 Å². The van der Waals surface area contributed by atoms with Gasteiger partial charge in [0.05, 0.1) is 12.1 Å². The summed E-state index contributed by atoms with van der Waals surface area (Å²) < 4.78 is 7.88. The molecule has 1 atom stereocenters. The Kier molecular flexibility index (Phi) is 6.28. The highest BCUT2D eigenvalue weighted by atomic mass is 16.3. The third kappa shape index (κ3) is 4.22. The topological polar surface area (TPSA) is 67.5 Å². The second-order valence-corrected chi connectivity index (χ2v) is 10.8. The standard InChI is InChI=1S/C27H39N3O3/c1-19-16-22-24(33-19)17-23-25(31)30(21-14-10-6-7-11-15-21)27(2,18-29(22)23)26(32)28-20-12-8-4-3-5-9-13-20/h16-17,20-21H,3-15,18H2,1-2H3,(H,28,32). The van der Waals surface area contributed by atoms with Gasteiger partial charge in [-0.3, -0.25) is 9.59 Å². The average molecular weight is 454 g/mol. The molecule has 2 aliphatic carbocycles. The Morgan fingerprint density at radius 1 is 0.970 bits per heavy atom. The summed E-state index contributed by atoms with van der Waals surface area (Å²) in [6.07, 6.45) is 14.9. The van der Waals surface area contributed by atoms with Crippen LogP contribution in [0.4, 0.5) is 0 Å². The summed E-state index contributed by atoms with van der Waals surface area (Å²) in [7, 11) is 0. The fourth-order valence-corrected chi connectivity index (χ4v) is 6.45. The van der Waals surface area contributed by atoms with E-state index in [1.807, 2.05) is 35.4 Å². The molecule has 0 spiro atoms. The van der Waals surface area contributed by atoms with Crippen molar-refractivity contribution in [1.82, 2.24) is 14.8 Å². The highest BCUT2D eigenvalue weighted by molar-refractivity contribution is 6.03. The first-order valence-electron chi connectivity index (χ1n) is 13.2. The Labute approximate surface area is 197 Å².